The Hall–Kier alpha value is -6.94. The molecule has 8 aromatic rings. The summed E-state index contributed by atoms with van der Waals surface area (Å²) in [6.45, 7) is 8.25. The number of benzene rings is 5. The topological polar surface area (TPSA) is 116 Å². The molecule has 0 unspecified atom stereocenters. The van der Waals surface area contributed by atoms with Crippen LogP contribution in [0.1, 0.15) is 51.2 Å². The maximum atomic E-state index is 14.0. The SMILES string of the molecule is CC(C)c1nc(-c2ccccc2)nc(-c2cc(-c3nc(-c4ccccc4)nc(-c4ccc(F)cc4)n3)cc(-c3nc(-c4ccccc4)nc(C(C)C)n3)c2)n1. The molecule has 55 heavy (non-hydrogen) atoms. The van der Waals surface area contributed by atoms with Crippen LogP contribution in [0.5, 0.6) is 0 Å². The minimum atomic E-state index is -0.348. The van der Waals surface area contributed by atoms with E-state index in [0.29, 0.717) is 74.7 Å². The predicted octanol–water partition coefficient (Wildman–Crippen LogP) is 10.3. The minimum Gasteiger partial charge on any atom is -0.213 e. The fourth-order valence-corrected chi connectivity index (χ4v) is 5.96. The summed E-state index contributed by atoms with van der Waals surface area (Å²) in [7, 11) is 0. The van der Waals surface area contributed by atoms with E-state index in [-0.39, 0.29) is 17.7 Å². The quantitative estimate of drug-likeness (QED) is 0.144. The molecule has 0 N–H and O–H groups in total. The van der Waals surface area contributed by atoms with Crippen molar-refractivity contribution in [3.05, 3.63) is 151 Å². The Bertz CT molecular complexity index is 2490. The Morgan fingerprint density at radius 1 is 0.309 bits per heavy atom. The molecule has 5 aromatic carbocycles. The smallest absolute Gasteiger partial charge is 0.164 e. The molecule has 0 radical (unpaired) electrons. The van der Waals surface area contributed by atoms with E-state index in [2.05, 4.69) is 27.7 Å². The van der Waals surface area contributed by atoms with E-state index < -0.39 is 0 Å². The molecule has 0 spiro atoms. The van der Waals surface area contributed by atoms with Crippen LogP contribution in [0.25, 0.3) is 79.7 Å². The zero-order valence-corrected chi connectivity index (χ0v) is 30.8. The Labute approximate surface area is 318 Å². The fourth-order valence-electron chi connectivity index (χ4n) is 5.96. The van der Waals surface area contributed by atoms with Crippen molar-refractivity contribution in [3.8, 4) is 79.7 Å². The third-order valence-corrected chi connectivity index (χ3v) is 8.88. The van der Waals surface area contributed by atoms with E-state index in [9.17, 15) is 4.39 Å². The van der Waals surface area contributed by atoms with Crippen LogP contribution in [0.3, 0.4) is 0 Å². The lowest BCUT2D eigenvalue weighted by atomic mass is 10.0. The van der Waals surface area contributed by atoms with Crippen molar-refractivity contribution < 1.29 is 4.39 Å². The number of nitrogens with zero attached hydrogens (tertiary/aromatic N) is 9. The van der Waals surface area contributed by atoms with Crippen molar-refractivity contribution in [3.63, 3.8) is 0 Å². The van der Waals surface area contributed by atoms with Crippen molar-refractivity contribution >= 4 is 0 Å². The monoisotopic (exact) mass is 721 g/mol. The summed E-state index contributed by atoms with van der Waals surface area (Å²) in [6.07, 6.45) is 0. The summed E-state index contributed by atoms with van der Waals surface area (Å²) in [5.74, 6) is 4.43. The lowest BCUT2D eigenvalue weighted by molar-refractivity contribution is 0.628. The molecule has 268 valence electrons. The molecular weight excluding hydrogens is 686 g/mol. The van der Waals surface area contributed by atoms with Gasteiger partial charge in [-0.2, -0.15) is 0 Å². The summed E-state index contributed by atoms with van der Waals surface area (Å²) in [5, 5.41) is 0. The second kappa shape index (κ2) is 15.2. The molecule has 0 aliphatic rings. The molecule has 8 rings (SSSR count). The average Bonchev–Trinajstić information content (AvgIpc) is 3.24. The number of rotatable bonds is 9. The van der Waals surface area contributed by atoms with E-state index in [0.717, 1.165) is 16.7 Å². The van der Waals surface area contributed by atoms with Crippen LogP contribution in [0, 0.1) is 5.82 Å². The number of hydrogen-bond acceptors (Lipinski definition) is 9. The van der Waals surface area contributed by atoms with Gasteiger partial charge in [-0.25, -0.2) is 49.2 Å². The zero-order valence-electron chi connectivity index (χ0n) is 30.8. The molecule has 0 amide bonds. The largest absolute Gasteiger partial charge is 0.213 e. The molecule has 0 aliphatic carbocycles. The van der Waals surface area contributed by atoms with Gasteiger partial charge in [-0.05, 0) is 42.5 Å². The van der Waals surface area contributed by atoms with Gasteiger partial charge in [0.1, 0.15) is 17.5 Å². The van der Waals surface area contributed by atoms with Crippen molar-refractivity contribution in [2.24, 2.45) is 0 Å². The first kappa shape index (κ1) is 35.1. The highest BCUT2D eigenvalue weighted by Gasteiger charge is 2.20. The lowest BCUT2D eigenvalue weighted by Gasteiger charge is -2.14. The van der Waals surface area contributed by atoms with Gasteiger partial charge in [0.2, 0.25) is 0 Å². The van der Waals surface area contributed by atoms with Crippen LogP contribution in [0.15, 0.2) is 133 Å². The zero-order chi connectivity index (χ0) is 37.9. The van der Waals surface area contributed by atoms with Crippen LogP contribution in [-0.4, -0.2) is 44.9 Å². The molecular formula is C45H36FN9. The van der Waals surface area contributed by atoms with Gasteiger partial charge in [0.15, 0.2) is 40.8 Å². The van der Waals surface area contributed by atoms with Crippen molar-refractivity contribution in [1.82, 2.24) is 44.9 Å². The summed E-state index contributed by atoms with van der Waals surface area (Å²) in [6, 6.07) is 41.5. The standard InChI is InChI=1S/C45H36FN9/c1-27(2)37-47-39(29-14-8-5-9-15-29)52-43(49-37)33-24-34(44-50-38(28(3)4)48-40(53-44)30-16-10-6-11-17-30)26-35(25-33)45-54-41(31-18-12-7-13-19-31)51-42(55-45)32-20-22-36(46)23-21-32/h5-28H,1-4H3. The van der Waals surface area contributed by atoms with Gasteiger partial charge in [0, 0.05) is 50.8 Å². The Balaban J connectivity index is 1.39. The normalized spacial score (nSPS) is 11.3. The summed E-state index contributed by atoms with van der Waals surface area (Å²) in [4.78, 5) is 44.5. The molecule has 3 heterocycles. The Morgan fingerprint density at radius 3 is 0.873 bits per heavy atom. The van der Waals surface area contributed by atoms with Crippen LogP contribution < -0.4 is 0 Å². The highest BCUT2D eigenvalue weighted by atomic mass is 19.1. The molecule has 0 saturated heterocycles. The summed E-state index contributed by atoms with van der Waals surface area (Å²) >= 11 is 0. The number of aromatic nitrogens is 9. The van der Waals surface area contributed by atoms with E-state index >= 15 is 0 Å². The van der Waals surface area contributed by atoms with Gasteiger partial charge < -0.3 is 0 Å². The highest BCUT2D eigenvalue weighted by Crippen LogP contribution is 2.33. The third-order valence-electron chi connectivity index (χ3n) is 8.88. The van der Waals surface area contributed by atoms with E-state index in [1.165, 1.54) is 12.1 Å². The van der Waals surface area contributed by atoms with Gasteiger partial charge in [0.05, 0.1) is 0 Å². The molecule has 3 aromatic heterocycles. The minimum absolute atomic E-state index is 0.0349. The van der Waals surface area contributed by atoms with Gasteiger partial charge in [-0.3, -0.25) is 0 Å². The molecule has 0 bridgehead atoms. The molecule has 0 saturated carbocycles. The molecule has 0 aliphatic heterocycles. The lowest BCUT2D eigenvalue weighted by Crippen LogP contribution is -2.06. The van der Waals surface area contributed by atoms with Crippen molar-refractivity contribution in [1.29, 1.82) is 0 Å². The first-order valence-electron chi connectivity index (χ1n) is 18.1. The Kier molecular flexibility index (Phi) is 9.70. The van der Waals surface area contributed by atoms with Crippen LogP contribution in [-0.2, 0) is 0 Å². The molecule has 9 nitrogen and oxygen atoms in total. The third kappa shape index (κ3) is 7.75. The van der Waals surface area contributed by atoms with Gasteiger partial charge in [0.25, 0.3) is 0 Å². The summed E-state index contributed by atoms with van der Waals surface area (Å²) < 4.78 is 14.0. The first-order valence-corrected chi connectivity index (χ1v) is 18.1. The van der Waals surface area contributed by atoms with Crippen LogP contribution >= 0.6 is 0 Å². The maximum Gasteiger partial charge on any atom is 0.164 e. The van der Waals surface area contributed by atoms with Gasteiger partial charge in [-0.15, -0.1) is 0 Å². The van der Waals surface area contributed by atoms with Crippen LogP contribution in [0.4, 0.5) is 4.39 Å². The molecule has 10 heteroatoms. The number of halogens is 1. The van der Waals surface area contributed by atoms with E-state index in [1.54, 1.807) is 12.1 Å². The maximum absolute atomic E-state index is 14.0. The first-order chi connectivity index (χ1) is 26.8. The summed E-state index contributed by atoms with van der Waals surface area (Å²) in [5.41, 5.74) is 5.28. The van der Waals surface area contributed by atoms with Crippen LogP contribution in [0.2, 0.25) is 0 Å². The highest BCUT2D eigenvalue weighted by molar-refractivity contribution is 5.77. The Morgan fingerprint density at radius 2 is 0.564 bits per heavy atom. The number of hydrogen-bond donors (Lipinski definition) is 0. The average molecular weight is 722 g/mol. The van der Waals surface area contributed by atoms with E-state index in [1.807, 2.05) is 109 Å². The fraction of sp³-hybridized carbons (Fsp3) is 0.133. The van der Waals surface area contributed by atoms with E-state index in [4.69, 9.17) is 44.9 Å². The molecule has 0 fully saturated rings. The van der Waals surface area contributed by atoms with Gasteiger partial charge in [-0.1, -0.05) is 119 Å². The van der Waals surface area contributed by atoms with Crippen molar-refractivity contribution in [2.75, 3.05) is 0 Å². The molecule has 0 atom stereocenters. The van der Waals surface area contributed by atoms with Crippen molar-refractivity contribution in [2.45, 2.75) is 39.5 Å². The second-order valence-electron chi connectivity index (χ2n) is 13.7. The van der Waals surface area contributed by atoms with Gasteiger partial charge >= 0.3 is 0 Å². The second-order valence-corrected chi connectivity index (χ2v) is 13.7. The predicted molar refractivity (Wildman–Crippen MR) is 213 cm³/mol.